The van der Waals surface area contributed by atoms with Gasteiger partial charge in [-0.2, -0.15) is 0 Å². The maximum Gasteiger partial charge on any atom is 0.130 e. The second-order valence-electron chi connectivity index (χ2n) is 5.28. The van der Waals surface area contributed by atoms with Gasteiger partial charge in [0.1, 0.15) is 11.9 Å². The van der Waals surface area contributed by atoms with Crippen molar-refractivity contribution >= 4 is 0 Å². The molecule has 1 aliphatic heterocycles. The van der Waals surface area contributed by atoms with Crippen LogP contribution in [0.1, 0.15) is 16.7 Å². The second kappa shape index (κ2) is 5.85. The maximum absolute atomic E-state index is 9.60. The Morgan fingerprint density at radius 1 is 1.10 bits per heavy atom. The molecule has 0 saturated heterocycles. The van der Waals surface area contributed by atoms with Crippen molar-refractivity contribution in [1.82, 2.24) is 0 Å². The highest BCUT2D eigenvalue weighted by molar-refractivity contribution is 5.76. The molecule has 0 aromatic heterocycles. The van der Waals surface area contributed by atoms with Crippen LogP contribution in [0.4, 0.5) is 0 Å². The summed E-state index contributed by atoms with van der Waals surface area (Å²) < 4.78 is 5.94. The van der Waals surface area contributed by atoms with Gasteiger partial charge in [-0.15, -0.1) is 0 Å². The molecule has 21 heavy (non-hydrogen) atoms. The zero-order chi connectivity index (χ0) is 14.8. The summed E-state index contributed by atoms with van der Waals surface area (Å²) >= 11 is 0. The number of fused-ring (bicyclic) bond motifs is 1. The summed E-state index contributed by atoms with van der Waals surface area (Å²) in [6, 6.07) is 11.6. The van der Waals surface area contributed by atoms with Crippen LogP contribution in [0.25, 0.3) is 11.1 Å². The van der Waals surface area contributed by atoms with Crippen molar-refractivity contribution in [1.29, 1.82) is 0 Å². The predicted octanol–water partition coefficient (Wildman–Crippen LogP) is 1.60. The molecule has 4 nitrogen and oxygen atoms in total. The zero-order valence-corrected chi connectivity index (χ0v) is 11.7. The Kier molecular flexibility index (Phi) is 3.92. The fourth-order valence-electron chi connectivity index (χ4n) is 2.82. The van der Waals surface area contributed by atoms with Gasteiger partial charge < -0.3 is 20.7 Å². The summed E-state index contributed by atoms with van der Waals surface area (Å²) in [6.45, 7) is 0.378. The SMILES string of the molecule is NC[C@@H]1Cc2cccc(-c3ccc(CO)cc3CO)c2O1. The third-order valence-corrected chi connectivity index (χ3v) is 3.90. The highest BCUT2D eigenvalue weighted by Crippen LogP contribution is 2.40. The van der Waals surface area contributed by atoms with Gasteiger partial charge in [0.2, 0.25) is 0 Å². The molecule has 2 aromatic rings. The molecular weight excluding hydrogens is 266 g/mol. The van der Waals surface area contributed by atoms with E-state index in [1.165, 1.54) is 0 Å². The standard InChI is InChI=1S/C17H19NO3/c18-8-14-7-12-2-1-3-16(17(12)21-14)15-5-4-11(9-19)6-13(15)10-20/h1-6,14,19-20H,7-10,18H2/t14-/m0/s1. The van der Waals surface area contributed by atoms with Crippen LogP contribution in [0.3, 0.4) is 0 Å². The van der Waals surface area contributed by atoms with E-state index in [1.807, 2.05) is 30.3 Å². The number of benzene rings is 2. The predicted molar refractivity (Wildman–Crippen MR) is 80.9 cm³/mol. The fraction of sp³-hybridized carbons (Fsp3) is 0.294. The molecule has 0 amide bonds. The van der Waals surface area contributed by atoms with Gasteiger partial charge in [0.05, 0.1) is 13.2 Å². The number of rotatable bonds is 4. The third-order valence-electron chi connectivity index (χ3n) is 3.90. The minimum Gasteiger partial charge on any atom is -0.488 e. The lowest BCUT2D eigenvalue weighted by atomic mass is 9.95. The van der Waals surface area contributed by atoms with Crippen LogP contribution in [0.5, 0.6) is 5.75 Å². The van der Waals surface area contributed by atoms with E-state index in [0.29, 0.717) is 6.54 Å². The van der Waals surface area contributed by atoms with Crippen LogP contribution in [0.15, 0.2) is 36.4 Å². The lowest BCUT2D eigenvalue weighted by Crippen LogP contribution is -2.24. The van der Waals surface area contributed by atoms with Gasteiger partial charge in [-0.25, -0.2) is 0 Å². The summed E-state index contributed by atoms with van der Waals surface area (Å²) in [5.41, 5.74) is 10.3. The van der Waals surface area contributed by atoms with E-state index in [-0.39, 0.29) is 19.3 Å². The molecule has 3 rings (SSSR count). The molecule has 110 valence electrons. The molecule has 0 fully saturated rings. The molecule has 0 radical (unpaired) electrons. The maximum atomic E-state index is 9.60. The van der Waals surface area contributed by atoms with Crippen LogP contribution in [0, 0.1) is 0 Å². The van der Waals surface area contributed by atoms with E-state index in [2.05, 4.69) is 6.07 Å². The number of aliphatic hydroxyl groups is 2. The van der Waals surface area contributed by atoms with E-state index in [1.54, 1.807) is 0 Å². The highest BCUT2D eigenvalue weighted by atomic mass is 16.5. The summed E-state index contributed by atoms with van der Waals surface area (Å²) in [4.78, 5) is 0. The molecule has 0 bridgehead atoms. The van der Waals surface area contributed by atoms with Gasteiger partial charge in [-0.3, -0.25) is 0 Å². The van der Waals surface area contributed by atoms with Gasteiger partial charge in [0, 0.05) is 18.5 Å². The lowest BCUT2D eigenvalue weighted by Gasteiger charge is -2.14. The minimum absolute atomic E-state index is 0.0236. The van der Waals surface area contributed by atoms with Gasteiger partial charge in [-0.1, -0.05) is 36.4 Å². The van der Waals surface area contributed by atoms with Crippen LogP contribution >= 0.6 is 0 Å². The van der Waals surface area contributed by atoms with Gasteiger partial charge in [-0.05, 0) is 22.3 Å². The van der Waals surface area contributed by atoms with Crippen LogP contribution in [-0.2, 0) is 19.6 Å². The zero-order valence-electron chi connectivity index (χ0n) is 11.7. The largest absolute Gasteiger partial charge is 0.488 e. The molecule has 0 spiro atoms. The van der Waals surface area contributed by atoms with Crippen molar-refractivity contribution in [2.45, 2.75) is 25.7 Å². The molecule has 4 heteroatoms. The smallest absolute Gasteiger partial charge is 0.130 e. The van der Waals surface area contributed by atoms with E-state index in [0.717, 1.165) is 40.0 Å². The highest BCUT2D eigenvalue weighted by Gasteiger charge is 2.25. The Labute approximate surface area is 123 Å². The van der Waals surface area contributed by atoms with Crippen molar-refractivity contribution in [2.24, 2.45) is 5.73 Å². The van der Waals surface area contributed by atoms with E-state index >= 15 is 0 Å². The normalized spacial score (nSPS) is 16.6. The van der Waals surface area contributed by atoms with Crippen LogP contribution in [0.2, 0.25) is 0 Å². The monoisotopic (exact) mass is 285 g/mol. The Balaban J connectivity index is 2.09. The average molecular weight is 285 g/mol. The number of nitrogens with two attached hydrogens (primary N) is 1. The molecule has 0 unspecified atom stereocenters. The van der Waals surface area contributed by atoms with E-state index in [4.69, 9.17) is 10.5 Å². The summed E-state index contributed by atoms with van der Waals surface area (Å²) in [6.07, 6.45) is 0.846. The van der Waals surface area contributed by atoms with Gasteiger partial charge in [0.15, 0.2) is 0 Å². The first-order valence-corrected chi connectivity index (χ1v) is 7.09. The average Bonchev–Trinajstić information content (AvgIpc) is 2.97. The topological polar surface area (TPSA) is 75.7 Å². The van der Waals surface area contributed by atoms with Crippen LogP contribution < -0.4 is 10.5 Å². The quantitative estimate of drug-likeness (QED) is 0.797. The summed E-state index contributed by atoms with van der Waals surface area (Å²) in [5.74, 6) is 0.861. The second-order valence-corrected chi connectivity index (χ2v) is 5.28. The van der Waals surface area contributed by atoms with E-state index < -0.39 is 0 Å². The Morgan fingerprint density at radius 3 is 2.67 bits per heavy atom. The van der Waals surface area contributed by atoms with Crippen molar-refractivity contribution in [3.05, 3.63) is 53.1 Å². The van der Waals surface area contributed by atoms with E-state index in [9.17, 15) is 10.2 Å². The molecule has 0 saturated carbocycles. The van der Waals surface area contributed by atoms with Crippen LogP contribution in [-0.4, -0.2) is 22.9 Å². The summed E-state index contributed by atoms with van der Waals surface area (Å²) in [5, 5.41) is 18.8. The minimum atomic E-state index is -0.0762. The summed E-state index contributed by atoms with van der Waals surface area (Å²) in [7, 11) is 0. The molecule has 1 heterocycles. The molecule has 1 atom stereocenters. The van der Waals surface area contributed by atoms with Crippen molar-refractivity contribution in [3.8, 4) is 16.9 Å². The Morgan fingerprint density at radius 2 is 1.95 bits per heavy atom. The number of hydrogen-bond acceptors (Lipinski definition) is 4. The molecule has 1 aliphatic rings. The molecule has 4 N–H and O–H groups in total. The first-order valence-electron chi connectivity index (χ1n) is 7.09. The van der Waals surface area contributed by atoms with Crippen molar-refractivity contribution in [2.75, 3.05) is 6.54 Å². The first-order chi connectivity index (χ1) is 10.3. The number of ether oxygens (including phenoxy) is 1. The van der Waals surface area contributed by atoms with Crippen molar-refractivity contribution < 1.29 is 14.9 Å². The Hall–Kier alpha value is -1.88. The fourth-order valence-corrected chi connectivity index (χ4v) is 2.82. The van der Waals surface area contributed by atoms with Gasteiger partial charge >= 0.3 is 0 Å². The number of aliphatic hydroxyl groups excluding tert-OH is 2. The Bertz CT molecular complexity index is 654. The van der Waals surface area contributed by atoms with Crippen molar-refractivity contribution in [3.63, 3.8) is 0 Å². The molecule has 0 aliphatic carbocycles. The number of hydrogen-bond donors (Lipinski definition) is 3. The van der Waals surface area contributed by atoms with Gasteiger partial charge in [0.25, 0.3) is 0 Å². The number of para-hydroxylation sites is 1. The lowest BCUT2D eigenvalue weighted by molar-refractivity contribution is 0.242. The first kappa shape index (κ1) is 14.1. The molecule has 2 aromatic carbocycles. The third kappa shape index (κ3) is 2.53. The molecular formula is C17H19NO3.